The highest BCUT2D eigenvalue weighted by molar-refractivity contribution is 6.07. The summed E-state index contributed by atoms with van der Waals surface area (Å²) in [6.45, 7) is 2.56. The van der Waals surface area contributed by atoms with Gasteiger partial charge in [0, 0.05) is 18.3 Å². The molecule has 0 saturated heterocycles. The number of carbonyl (C=O) groups excluding carboxylic acids is 2. The fourth-order valence-electron chi connectivity index (χ4n) is 1.62. The number of nitrogens with zero attached hydrogens (tertiary/aromatic N) is 2. The number of carbonyl (C=O) groups is 2. The van der Waals surface area contributed by atoms with Crippen molar-refractivity contribution in [1.29, 1.82) is 0 Å². The Kier molecular flexibility index (Phi) is 3.61. The zero-order valence-corrected chi connectivity index (χ0v) is 10.3. The Bertz CT molecular complexity index is 619. The smallest absolute Gasteiger partial charge is 0.258 e. The van der Waals surface area contributed by atoms with Crippen LogP contribution in [0.5, 0.6) is 0 Å². The Morgan fingerprint density at radius 1 is 1.37 bits per heavy atom. The average molecular weight is 258 g/mol. The van der Waals surface area contributed by atoms with Gasteiger partial charge in [0.2, 0.25) is 0 Å². The van der Waals surface area contributed by atoms with Crippen LogP contribution < -0.4 is 10.4 Å². The van der Waals surface area contributed by atoms with Crippen LogP contribution in [0.1, 0.15) is 27.6 Å². The highest BCUT2D eigenvalue weighted by atomic mass is 16.4. The van der Waals surface area contributed by atoms with Crippen LogP contribution in [0.2, 0.25) is 0 Å². The summed E-state index contributed by atoms with van der Waals surface area (Å²) in [5.41, 5.74) is 0.519. The van der Waals surface area contributed by atoms with E-state index in [2.05, 4.69) is 10.4 Å². The van der Waals surface area contributed by atoms with Crippen molar-refractivity contribution in [3.05, 3.63) is 47.8 Å². The first-order valence-corrected chi connectivity index (χ1v) is 5.76. The van der Waals surface area contributed by atoms with Crippen LogP contribution in [-0.2, 0) is 6.54 Å². The predicted molar refractivity (Wildman–Crippen MR) is 66.6 cm³/mol. The summed E-state index contributed by atoms with van der Waals surface area (Å²) in [4.78, 5) is 22.9. The molecule has 1 heterocycles. The third-order valence-corrected chi connectivity index (χ3v) is 2.61. The molecule has 6 heteroatoms. The van der Waals surface area contributed by atoms with Gasteiger partial charge in [-0.1, -0.05) is 18.2 Å². The van der Waals surface area contributed by atoms with Crippen LogP contribution in [-0.4, -0.2) is 21.7 Å². The molecule has 0 aliphatic rings. The van der Waals surface area contributed by atoms with E-state index in [1.54, 1.807) is 23.0 Å². The SMILES string of the molecule is CCn1cc(C(=O)Nc2ccccc2C(=O)[O-])cn1. The van der Waals surface area contributed by atoms with Gasteiger partial charge in [0.15, 0.2) is 0 Å². The monoisotopic (exact) mass is 258 g/mol. The summed E-state index contributed by atoms with van der Waals surface area (Å²) in [5, 5.41) is 17.4. The van der Waals surface area contributed by atoms with Crippen molar-refractivity contribution in [2.45, 2.75) is 13.5 Å². The Hall–Kier alpha value is -2.63. The van der Waals surface area contributed by atoms with Gasteiger partial charge in [-0.05, 0) is 13.0 Å². The molecular weight excluding hydrogens is 246 g/mol. The molecule has 0 aliphatic heterocycles. The van der Waals surface area contributed by atoms with E-state index in [4.69, 9.17) is 0 Å². The standard InChI is InChI=1S/C13H13N3O3/c1-2-16-8-9(7-14-16)12(17)15-11-6-4-3-5-10(11)13(18)19/h3-8H,2H2,1H3,(H,15,17)(H,18,19)/p-1. The van der Waals surface area contributed by atoms with E-state index in [9.17, 15) is 14.7 Å². The maximum absolute atomic E-state index is 11.9. The van der Waals surface area contributed by atoms with Crippen LogP contribution >= 0.6 is 0 Å². The lowest BCUT2D eigenvalue weighted by Gasteiger charge is -2.10. The van der Waals surface area contributed by atoms with Crippen molar-refractivity contribution in [2.24, 2.45) is 0 Å². The van der Waals surface area contributed by atoms with Crippen LogP contribution in [0.3, 0.4) is 0 Å². The number of para-hydroxylation sites is 1. The highest BCUT2D eigenvalue weighted by Gasteiger charge is 2.11. The van der Waals surface area contributed by atoms with Gasteiger partial charge >= 0.3 is 0 Å². The van der Waals surface area contributed by atoms with Crippen LogP contribution in [0.25, 0.3) is 0 Å². The van der Waals surface area contributed by atoms with E-state index in [1.807, 2.05) is 6.92 Å². The third kappa shape index (κ3) is 2.79. The molecule has 0 fully saturated rings. The molecular formula is C13H12N3O3-. The van der Waals surface area contributed by atoms with E-state index in [0.29, 0.717) is 12.1 Å². The van der Waals surface area contributed by atoms with Crippen molar-refractivity contribution >= 4 is 17.6 Å². The first-order chi connectivity index (χ1) is 9.11. The second kappa shape index (κ2) is 5.34. The van der Waals surface area contributed by atoms with Crippen LogP contribution in [0, 0.1) is 0 Å². The zero-order valence-electron chi connectivity index (χ0n) is 10.3. The van der Waals surface area contributed by atoms with Crippen molar-refractivity contribution in [1.82, 2.24) is 9.78 Å². The predicted octanol–water partition coefficient (Wildman–Crippen LogP) is 0.519. The number of hydrogen-bond acceptors (Lipinski definition) is 4. The highest BCUT2D eigenvalue weighted by Crippen LogP contribution is 2.15. The molecule has 1 aromatic heterocycles. The number of amides is 1. The minimum atomic E-state index is -1.33. The summed E-state index contributed by atoms with van der Waals surface area (Å²) >= 11 is 0. The topological polar surface area (TPSA) is 87.0 Å². The maximum Gasteiger partial charge on any atom is 0.258 e. The average Bonchev–Trinajstić information content (AvgIpc) is 2.88. The molecule has 0 aliphatic carbocycles. The summed E-state index contributed by atoms with van der Waals surface area (Å²) in [7, 11) is 0. The molecule has 2 rings (SSSR count). The van der Waals surface area contributed by atoms with E-state index in [-0.39, 0.29) is 11.3 Å². The summed E-state index contributed by atoms with van der Waals surface area (Å²) in [6.07, 6.45) is 3.03. The first-order valence-electron chi connectivity index (χ1n) is 5.76. The molecule has 19 heavy (non-hydrogen) atoms. The van der Waals surface area contributed by atoms with E-state index >= 15 is 0 Å². The Balaban J connectivity index is 2.21. The van der Waals surface area contributed by atoms with Gasteiger partial charge in [-0.3, -0.25) is 9.48 Å². The Labute approximate surface area is 109 Å². The van der Waals surface area contributed by atoms with Gasteiger partial charge in [-0.25, -0.2) is 0 Å². The van der Waals surface area contributed by atoms with Crippen molar-refractivity contribution in [2.75, 3.05) is 5.32 Å². The molecule has 2 aromatic rings. The Morgan fingerprint density at radius 3 is 2.74 bits per heavy atom. The molecule has 6 nitrogen and oxygen atoms in total. The fraction of sp³-hybridized carbons (Fsp3) is 0.154. The molecule has 0 spiro atoms. The molecule has 0 unspecified atom stereocenters. The zero-order chi connectivity index (χ0) is 13.8. The number of aromatic nitrogens is 2. The number of anilines is 1. The molecule has 1 amide bonds. The molecule has 98 valence electrons. The number of carboxylic acid groups (broad SMARTS) is 1. The number of rotatable bonds is 4. The normalized spacial score (nSPS) is 10.2. The molecule has 0 atom stereocenters. The van der Waals surface area contributed by atoms with Crippen molar-refractivity contribution < 1.29 is 14.7 Å². The van der Waals surface area contributed by atoms with Crippen molar-refractivity contribution in [3.63, 3.8) is 0 Å². The van der Waals surface area contributed by atoms with Gasteiger partial charge in [-0.15, -0.1) is 0 Å². The van der Waals surface area contributed by atoms with Crippen molar-refractivity contribution in [3.8, 4) is 0 Å². The van der Waals surface area contributed by atoms with Gasteiger partial charge in [0.1, 0.15) is 0 Å². The lowest BCUT2D eigenvalue weighted by atomic mass is 10.1. The van der Waals surface area contributed by atoms with Gasteiger partial charge in [0.25, 0.3) is 5.91 Å². The first kappa shape index (κ1) is 12.8. The van der Waals surface area contributed by atoms with E-state index < -0.39 is 11.9 Å². The lowest BCUT2D eigenvalue weighted by molar-refractivity contribution is -0.254. The van der Waals surface area contributed by atoms with Gasteiger partial charge in [0.05, 0.1) is 23.4 Å². The number of nitrogens with one attached hydrogen (secondary N) is 1. The molecule has 1 N–H and O–H groups in total. The number of aromatic carboxylic acids is 1. The van der Waals surface area contributed by atoms with Gasteiger partial charge in [-0.2, -0.15) is 5.10 Å². The molecule has 0 saturated carbocycles. The summed E-state index contributed by atoms with van der Waals surface area (Å²) in [5.74, 6) is -1.74. The quantitative estimate of drug-likeness (QED) is 0.866. The lowest BCUT2D eigenvalue weighted by Crippen LogP contribution is -2.24. The molecule has 0 radical (unpaired) electrons. The number of carboxylic acids is 1. The summed E-state index contributed by atoms with van der Waals surface area (Å²) in [6, 6.07) is 6.08. The minimum Gasteiger partial charge on any atom is -0.545 e. The fourth-order valence-corrected chi connectivity index (χ4v) is 1.62. The third-order valence-electron chi connectivity index (χ3n) is 2.61. The molecule has 0 bridgehead atoms. The minimum absolute atomic E-state index is 0.0567. The molecule has 1 aromatic carbocycles. The Morgan fingerprint density at radius 2 is 2.11 bits per heavy atom. The van der Waals surface area contributed by atoms with E-state index in [1.165, 1.54) is 18.3 Å². The number of hydrogen-bond donors (Lipinski definition) is 1. The van der Waals surface area contributed by atoms with Crippen LogP contribution in [0.4, 0.5) is 5.69 Å². The number of benzene rings is 1. The second-order valence-electron chi connectivity index (χ2n) is 3.87. The van der Waals surface area contributed by atoms with E-state index in [0.717, 1.165) is 0 Å². The maximum atomic E-state index is 11.9. The van der Waals surface area contributed by atoms with Gasteiger partial charge < -0.3 is 15.2 Å². The van der Waals surface area contributed by atoms with Crippen LogP contribution in [0.15, 0.2) is 36.7 Å². The second-order valence-corrected chi connectivity index (χ2v) is 3.87. The summed E-state index contributed by atoms with van der Waals surface area (Å²) < 4.78 is 1.61. The number of aryl methyl sites for hydroxylation is 1. The largest absolute Gasteiger partial charge is 0.545 e.